The summed E-state index contributed by atoms with van der Waals surface area (Å²) in [4.78, 5) is 0. The molecule has 0 saturated heterocycles. The van der Waals surface area contributed by atoms with E-state index in [0.717, 1.165) is 0 Å². The predicted molar refractivity (Wildman–Crippen MR) is 90.0 cm³/mol. The minimum atomic E-state index is -2.01. The molecule has 19 heavy (non-hydrogen) atoms. The Kier molecular flexibility index (Phi) is 7.09. The largest absolute Gasteiger partial charge is 0.147 e. The molecule has 1 aromatic carbocycles. The Bertz CT molecular complexity index is 508. The number of rotatable bonds is 2. The molecule has 0 fully saturated rings. The van der Waals surface area contributed by atoms with E-state index in [1.165, 1.54) is 11.1 Å². The molecule has 1 aliphatic rings. The molecule has 2 rings (SSSR count). The molecule has 2 atom stereocenters. The van der Waals surface area contributed by atoms with E-state index >= 15 is 0 Å². The van der Waals surface area contributed by atoms with Gasteiger partial charge in [0.2, 0.25) is 0 Å². The molecule has 0 saturated carbocycles. The molecule has 1 N–H and O–H groups in total. The van der Waals surface area contributed by atoms with Crippen LogP contribution in [0.4, 0.5) is 0 Å². The Labute approximate surface area is 134 Å². The minimum Gasteiger partial charge on any atom is -0.147 e. The maximum Gasteiger partial charge on any atom is -0.147 e. The third kappa shape index (κ3) is 4.73. The molecule has 107 valence electrons. The van der Waals surface area contributed by atoms with Crippen LogP contribution in [0.5, 0.6) is 0 Å². The van der Waals surface area contributed by atoms with Crippen molar-refractivity contribution in [3.8, 4) is 0 Å². The van der Waals surface area contributed by atoms with Crippen molar-refractivity contribution >= 4 is 38.5 Å². The Hall–Kier alpha value is 0.431. The second-order valence-electron chi connectivity index (χ2n) is 6.26. The first-order chi connectivity index (χ1) is 7.80. The van der Waals surface area contributed by atoms with Crippen LogP contribution in [0.1, 0.15) is 36.1 Å². The van der Waals surface area contributed by atoms with Crippen LogP contribution in [-0.2, 0) is 15.6 Å². The average molecular weight is 353 g/mol. The maximum absolute atomic E-state index is 3.93. The van der Waals surface area contributed by atoms with Gasteiger partial charge in [0.05, 0.1) is 0 Å². The van der Waals surface area contributed by atoms with Crippen LogP contribution in [0.15, 0.2) is 30.3 Å². The molecular formula is C14H24Cl2NSiTi. The Morgan fingerprint density at radius 2 is 1.74 bits per heavy atom. The van der Waals surface area contributed by atoms with Crippen LogP contribution in [0.2, 0.25) is 5.23 Å². The fourth-order valence-corrected chi connectivity index (χ4v) is 11.6. The summed E-state index contributed by atoms with van der Waals surface area (Å²) in [6.45, 7) is 6.82. The monoisotopic (exact) mass is 352 g/mol. The number of allylic oxidation sites excluding steroid dienone is 1. The van der Waals surface area contributed by atoms with Gasteiger partial charge >= 0.3 is 110 Å². The van der Waals surface area contributed by atoms with Crippen molar-refractivity contribution in [3.63, 3.8) is 0 Å². The van der Waals surface area contributed by atoms with E-state index in [2.05, 4.69) is 73.8 Å². The van der Waals surface area contributed by atoms with E-state index in [0.29, 0.717) is 4.22 Å². The van der Waals surface area contributed by atoms with Crippen molar-refractivity contribution in [2.45, 2.75) is 35.8 Å². The zero-order valence-corrected chi connectivity index (χ0v) is 16.7. The molecule has 0 bridgehead atoms. The average Bonchev–Trinajstić information content (AvgIpc) is 2.57. The summed E-state index contributed by atoms with van der Waals surface area (Å²) < 4.78 is 4.58. The van der Waals surface area contributed by atoms with Gasteiger partial charge in [0.15, 0.2) is 0 Å². The van der Waals surface area contributed by atoms with Gasteiger partial charge in [-0.05, 0) is 0 Å². The summed E-state index contributed by atoms with van der Waals surface area (Å²) in [6, 6.07) is 8.81. The minimum absolute atomic E-state index is 0. The van der Waals surface area contributed by atoms with E-state index in [1.54, 1.807) is 0 Å². The van der Waals surface area contributed by atoms with Crippen LogP contribution in [0.3, 0.4) is 0 Å². The molecule has 0 heterocycles. The quantitative estimate of drug-likeness (QED) is 0.801. The Morgan fingerprint density at radius 1 is 1.16 bits per heavy atom. The number of hydrogen-bond donors (Lipinski definition) is 1. The number of nitrogens with one attached hydrogen (secondary N) is 1. The third-order valence-corrected chi connectivity index (χ3v) is 10.7. The molecule has 0 amide bonds. The second-order valence-corrected chi connectivity index (χ2v) is 18.1. The van der Waals surface area contributed by atoms with Gasteiger partial charge < -0.3 is 0 Å². The number of fused-ring (bicyclic) bond motifs is 1. The molecule has 0 spiro atoms. The number of halogens is 2. The first-order valence-corrected chi connectivity index (χ1v) is 13.5. The van der Waals surface area contributed by atoms with Crippen LogP contribution in [0, 0.1) is 0 Å². The van der Waals surface area contributed by atoms with Crippen molar-refractivity contribution in [3.05, 3.63) is 41.5 Å². The third-order valence-electron chi connectivity index (χ3n) is 3.15. The molecule has 2 unspecified atom stereocenters. The maximum atomic E-state index is 3.93. The van der Waals surface area contributed by atoms with E-state index in [4.69, 9.17) is 0 Å². The smallest absolute Gasteiger partial charge is 0.147 e. The Morgan fingerprint density at radius 3 is 2.32 bits per heavy atom. The molecule has 0 aromatic heterocycles. The first kappa shape index (κ1) is 19.4. The molecule has 1 aromatic rings. The van der Waals surface area contributed by atoms with Crippen molar-refractivity contribution in [1.82, 2.24) is 3.80 Å². The standard InChI is InChI=1S/C9H7.C4H10N.CH3.2ClH.H2Si.Ti/c1-2-5-9-7-3-6-8(9)4-1;1-4(2,3)5;;;;;/h1-7H;5H,1-3H3;1H3;2*1H;1H2;/q;-1;;;;;+1. The molecular weight excluding hydrogens is 329 g/mol. The van der Waals surface area contributed by atoms with Crippen LogP contribution in [0.25, 0.3) is 6.08 Å². The fraction of sp³-hybridized carbons (Fsp3) is 0.429. The SMILES string of the molecule is CC(C)(C)[NH][Ti]([CH3])(=[SiH2])[CH]1C=Cc2ccccc21.Cl.Cl. The van der Waals surface area contributed by atoms with Crippen LogP contribution >= 0.6 is 24.8 Å². The van der Waals surface area contributed by atoms with Gasteiger partial charge in [0.1, 0.15) is 0 Å². The van der Waals surface area contributed by atoms with E-state index in [1.807, 2.05) is 0 Å². The van der Waals surface area contributed by atoms with E-state index < -0.39 is 15.6 Å². The fourth-order valence-electron chi connectivity index (χ4n) is 2.74. The van der Waals surface area contributed by atoms with Crippen LogP contribution in [-0.4, -0.2) is 13.2 Å². The van der Waals surface area contributed by atoms with Crippen molar-refractivity contribution in [2.24, 2.45) is 0 Å². The van der Waals surface area contributed by atoms with Gasteiger partial charge in [-0.2, -0.15) is 0 Å². The van der Waals surface area contributed by atoms with Crippen LogP contribution < -0.4 is 3.80 Å². The van der Waals surface area contributed by atoms with Gasteiger partial charge in [-0.3, -0.25) is 0 Å². The predicted octanol–water partition coefficient (Wildman–Crippen LogP) is 3.65. The molecule has 1 nitrogen and oxygen atoms in total. The Balaban J connectivity index is 0.00000162. The molecule has 1 aliphatic carbocycles. The second kappa shape index (κ2) is 6.93. The number of hydrogen-bond acceptors (Lipinski definition) is 1. The molecule has 0 radical (unpaired) electrons. The van der Waals surface area contributed by atoms with Crippen molar-refractivity contribution in [1.29, 1.82) is 0 Å². The summed E-state index contributed by atoms with van der Waals surface area (Å²) in [5.41, 5.74) is 3.17. The molecule has 0 aliphatic heterocycles. The summed E-state index contributed by atoms with van der Waals surface area (Å²) in [5.74, 6) is 0. The molecule has 5 heteroatoms. The van der Waals surface area contributed by atoms with Gasteiger partial charge in [-0.15, -0.1) is 24.8 Å². The van der Waals surface area contributed by atoms with Crippen molar-refractivity contribution in [2.75, 3.05) is 0 Å². The summed E-state index contributed by atoms with van der Waals surface area (Å²) in [7, 11) is 2.24. The van der Waals surface area contributed by atoms with Gasteiger partial charge in [-0.1, -0.05) is 0 Å². The summed E-state index contributed by atoms with van der Waals surface area (Å²) in [5, 5.41) is 2.49. The zero-order chi connectivity index (χ0) is 12.7. The normalized spacial score (nSPS) is 19.9. The first-order valence-electron chi connectivity index (χ1n) is 6.21. The number of benzene rings is 1. The van der Waals surface area contributed by atoms with E-state index in [9.17, 15) is 0 Å². The van der Waals surface area contributed by atoms with Gasteiger partial charge in [-0.25, -0.2) is 0 Å². The van der Waals surface area contributed by atoms with Gasteiger partial charge in [0.25, 0.3) is 0 Å². The topological polar surface area (TPSA) is 12.0 Å². The summed E-state index contributed by atoms with van der Waals surface area (Å²) >= 11 is -2.01. The van der Waals surface area contributed by atoms with Crippen molar-refractivity contribution < 1.29 is 15.6 Å². The zero-order valence-electron chi connectivity index (χ0n) is 12.1. The van der Waals surface area contributed by atoms with E-state index in [-0.39, 0.29) is 30.4 Å². The van der Waals surface area contributed by atoms with Gasteiger partial charge in [0, 0.05) is 0 Å². The summed E-state index contributed by atoms with van der Waals surface area (Å²) in [6.07, 6.45) is 4.71.